The van der Waals surface area contributed by atoms with Crippen LogP contribution in [0.25, 0.3) is 0 Å². The van der Waals surface area contributed by atoms with E-state index in [1.807, 2.05) is 6.92 Å². The lowest BCUT2D eigenvalue weighted by Gasteiger charge is -2.02. The fourth-order valence-electron chi connectivity index (χ4n) is 2.38. The van der Waals surface area contributed by atoms with E-state index in [0.29, 0.717) is 5.92 Å². The van der Waals surface area contributed by atoms with E-state index in [-0.39, 0.29) is 6.04 Å². The Hall–Kier alpha value is -0.900. The van der Waals surface area contributed by atoms with Gasteiger partial charge in [0.2, 0.25) is 0 Å². The molecular weight excluding hydrogens is 200 g/mol. The van der Waals surface area contributed by atoms with Crippen LogP contribution in [0.3, 0.4) is 0 Å². The highest BCUT2D eigenvalue weighted by Crippen LogP contribution is 2.31. The van der Waals surface area contributed by atoms with Crippen molar-refractivity contribution in [2.45, 2.75) is 63.8 Å². The zero-order valence-corrected chi connectivity index (χ0v) is 10.1. The summed E-state index contributed by atoms with van der Waals surface area (Å²) in [4.78, 5) is 4.58. The highest BCUT2D eigenvalue weighted by atomic mass is 15.2. The van der Waals surface area contributed by atoms with Gasteiger partial charge in [0.15, 0.2) is 5.82 Å². The van der Waals surface area contributed by atoms with Gasteiger partial charge < -0.3 is 5.73 Å². The molecule has 1 aliphatic rings. The average molecular weight is 222 g/mol. The molecule has 1 saturated carbocycles. The summed E-state index contributed by atoms with van der Waals surface area (Å²) in [7, 11) is 0. The maximum atomic E-state index is 5.72. The van der Waals surface area contributed by atoms with E-state index in [9.17, 15) is 0 Å². The van der Waals surface area contributed by atoms with E-state index < -0.39 is 0 Å². The summed E-state index contributed by atoms with van der Waals surface area (Å²) in [5.74, 6) is 2.68. The van der Waals surface area contributed by atoms with Crippen molar-refractivity contribution >= 4 is 0 Å². The molecule has 1 heterocycles. The SMILES string of the molecule is CC(N)CCCc1nc(C2CCCC2)n[nH]1. The standard InChI is InChI=1S/C12H22N4/c1-9(13)5-4-8-11-14-12(16-15-11)10-6-2-3-7-10/h9-10H,2-8,13H2,1H3,(H,14,15,16). The van der Waals surface area contributed by atoms with Crippen LogP contribution in [-0.2, 0) is 6.42 Å². The lowest BCUT2D eigenvalue weighted by Crippen LogP contribution is -2.14. The molecule has 1 aromatic rings. The smallest absolute Gasteiger partial charge is 0.153 e. The lowest BCUT2D eigenvalue weighted by molar-refractivity contribution is 0.614. The molecule has 4 nitrogen and oxygen atoms in total. The summed E-state index contributed by atoms with van der Waals surface area (Å²) >= 11 is 0. The van der Waals surface area contributed by atoms with Crippen molar-refractivity contribution in [1.29, 1.82) is 0 Å². The number of H-pyrrole nitrogens is 1. The van der Waals surface area contributed by atoms with E-state index in [0.717, 1.165) is 30.9 Å². The molecule has 1 unspecified atom stereocenters. The van der Waals surface area contributed by atoms with Gasteiger partial charge in [-0.15, -0.1) is 0 Å². The predicted molar refractivity (Wildman–Crippen MR) is 64.2 cm³/mol. The Balaban J connectivity index is 1.82. The first kappa shape index (κ1) is 11.6. The molecule has 0 bridgehead atoms. The van der Waals surface area contributed by atoms with Gasteiger partial charge in [-0.05, 0) is 32.6 Å². The maximum absolute atomic E-state index is 5.72. The van der Waals surface area contributed by atoms with Crippen LogP contribution in [0.4, 0.5) is 0 Å². The molecule has 0 saturated heterocycles. The predicted octanol–water partition coefficient (Wildman–Crippen LogP) is 2.13. The number of rotatable bonds is 5. The number of nitrogens with zero attached hydrogens (tertiary/aromatic N) is 2. The molecule has 0 aromatic carbocycles. The molecule has 0 spiro atoms. The van der Waals surface area contributed by atoms with Gasteiger partial charge in [-0.2, -0.15) is 5.10 Å². The second kappa shape index (κ2) is 5.43. The van der Waals surface area contributed by atoms with Crippen molar-refractivity contribution in [2.24, 2.45) is 5.73 Å². The van der Waals surface area contributed by atoms with Crippen molar-refractivity contribution in [3.05, 3.63) is 11.6 Å². The molecule has 1 aliphatic carbocycles. The molecular formula is C12H22N4. The Morgan fingerprint density at radius 3 is 2.88 bits per heavy atom. The van der Waals surface area contributed by atoms with Gasteiger partial charge in [0.05, 0.1) is 0 Å². The quantitative estimate of drug-likeness (QED) is 0.802. The number of hydrogen-bond donors (Lipinski definition) is 2. The fraction of sp³-hybridized carbons (Fsp3) is 0.833. The Bertz CT molecular complexity index is 313. The minimum absolute atomic E-state index is 0.289. The minimum atomic E-state index is 0.289. The molecule has 1 aromatic heterocycles. The van der Waals surface area contributed by atoms with Gasteiger partial charge in [-0.1, -0.05) is 12.8 Å². The van der Waals surface area contributed by atoms with E-state index in [1.54, 1.807) is 0 Å². The number of nitrogens with one attached hydrogen (secondary N) is 1. The monoisotopic (exact) mass is 222 g/mol. The summed E-state index contributed by atoms with van der Waals surface area (Å²) in [6.07, 6.45) is 8.31. The summed E-state index contributed by atoms with van der Waals surface area (Å²) < 4.78 is 0. The summed E-state index contributed by atoms with van der Waals surface area (Å²) in [5.41, 5.74) is 5.72. The van der Waals surface area contributed by atoms with Crippen LogP contribution in [0.2, 0.25) is 0 Å². The molecule has 16 heavy (non-hydrogen) atoms. The lowest BCUT2D eigenvalue weighted by atomic mass is 10.1. The van der Waals surface area contributed by atoms with Gasteiger partial charge >= 0.3 is 0 Å². The van der Waals surface area contributed by atoms with Gasteiger partial charge in [0.25, 0.3) is 0 Å². The third-order valence-electron chi connectivity index (χ3n) is 3.34. The molecule has 1 fully saturated rings. The zero-order valence-electron chi connectivity index (χ0n) is 10.1. The molecule has 1 atom stereocenters. The minimum Gasteiger partial charge on any atom is -0.328 e. The second-order valence-electron chi connectivity index (χ2n) is 4.99. The highest BCUT2D eigenvalue weighted by Gasteiger charge is 2.20. The maximum Gasteiger partial charge on any atom is 0.153 e. The number of aryl methyl sites for hydroxylation is 1. The first-order chi connectivity index (χ1) is 7.75. The third kappa shape index (κ3) is 3.04. The van der Waals surface area contributed by atoms with Crippen molar-refractivity contribution in [3.8, 4) is 0 Å². The van der Waals surface area contributed by atoms with Crippen LogP contribution in [0.1, 0.15) is 63.0 Å². The Morgan fingerprint density at radius 2 is 2.19 bits per heavy atom. The second-order valence-corrected chi connectivity index (χ2v) is 4.99. The van der Waals surface area contributed by atoms with E-state index in [2.05, 4.69) is 15.2 Å². The van der Waals surface area contributed by atoms with Crippen LogP contribution in [0.5, 0.6) is 0 Å². The van der Waals surface area contributed by atoms with Gasteiger partial charge in [-0.3, -0.25) is 5.10 Å². The zero-order chi connectivity index (χ0) is 11.4. The van der Waals surface area contributed by atoms with Gasteiger partial charge in [-0.25, -0.2) is 4.98 Å². The summed E-state index contributed by atoms with van der Waals surface area (Å²) in [6, 6.07) is 0.289. The van der Waals surface area contributed by atoms with Crippen molar-refractivity contribution in [3.63, 3.8) is 0 Å². The number of nitrogens with two attached hydrogens (primary N) is 1. The Kier molecular flexibility index (Phi) is 3.93. The van der Waals surface area contributed by atoms with Crippen LogP contribution >= 0.6 is 0 Å². The largest absolute Gasteiger partial charge is 0.328 e. The number of hydrogen-bond acceptors (Lipinski definition) is 3. The third-order valence-corrected chi connectivity index (χ3v) is 3.34. The normalized spacial score (nSPS) is 19.1. The fourth-order valence-corrected chi connectivity index (χ4v) is 2.38. The Labute approximate surface area is 97.0 Å². The molecule has 4 heteroatoms. The first-order valence-electron chi connectivity index (χ1n) is 6.42. The van der Waals surface area contributed by atoms with E-state index in [1.165, 1.54) is 25.7 Å². The van der Waals surface area contributed by atoms with Crippen LogP contribution < -0.4 is 5.73 Å². The van der Waals surface area contributed by atoms with Crippen molar-refractivity contribution < 1.29 is 0 Å². The van der Waals surface area contributed by atoms with E-state index >= 15 is 0 Å². The van der Waals surface area contributed by atoms with Gasteiger partial charge in [0.1, 0.15) is 5.82 Å². The highest BCUT2D eigenvalue weighted by molar-refractivity contribution is 5.00. The molecule has 3 N–H and O–H groups in total. The molecule has 0 aliphatic heterocycles. The summed E-state index contributed by atoms with van der Waals surface area (Å²) in [5, 5.41) is 7.38. The number of aromatic nitrogens is 3. The first-order valence-corrected chi connectivity index (χ1v) is 6.42. The van der Waals surface area contributed by atoms with Crippen LogP contribution in [0, 0.1) is 0 Å². The molecule has 0 radical (unpaired) electrons. The molecule has 90 valence electrons. The number of aromatic amines is 1. The summed E-state index contributed by atoms with van der Waals surface area (Å²) in [6.45, 7) is 2.05. The van der Waals surface area contributed by atoms with Gasteiger partial charge in [0, 0.05) is 18.4 Å². The van der Waals surface area contributed by atoms with Crippen molar-refractivity contribution in [1.82, 2.24) is 15.2 Å². The van der Waals surface area contributed by atoms with Crippen LogP contribution in [-0.4, -0.2) is 21.2 Å². The van der Waals surface area contributed by atoms with Crippen LogP contribution in [0.15, 0.2) is 0 Å². The topological polar surface area (TPSA) is 67.6 Å². The van der Waals surface area contributed by atoms with Crippen molar-refractivity contribution in [2.75, 3.05) is 0 Å². The molecule has 0 amide bonds. The Morgan fingerprint density at radius 1 is 1.44 bits per heavy atom. The average Bonchev–Trinajstić information content (AvgIpc) is 2.85. The molecule has 2 rings (SSSR count). The van der Waals surface area contributed by atoms with E-state index in [4.69, 9.17) is 5.73 Å².